The zero-order valence-corrected chi connectivity index (χ0v) is 13.9. The molecule has 0 atom stereocenters. The van der Waals surface area contributed by atoms with Crippen molar-refractivity contribution in [2.75, 3.05) is 13.7 Å². The van der Waals surface area contributed by atoms with Crippen LogP contribution in [-0.2, 0) is 6.61 Å². The fourth-order valence-corrected chi connectivity index (χ4v) is 2.40. The van der Waals surface area contributed by atoms with Crippen molar-refractivity contribution in [1.29, 1.82) is 0 Å². The molecule has 4 nitrogen and oxygen atoms in total. The van der Waals surface area contributed by atoms with Gasteiger partial charge in [-0.2, -0.15) is 0 Å². The van der Waals surface area contributed by atoms with Gasteiger partial charge in [0.2, 0.25) is 5.88 Å². The average molecular weight is 352 g/mol. The third-order valence-corrected chi connectivity index (χ3v) is 3.56. The van der Waals surface area contributed by atoms with E-state index in [0.29, 0.717) is 19.1 Å². The zero-order chi connectivity index (χ0) is 15.2. The first-order valence-corrected chi connectivity index (χ1v) is 7.48. The molecular formula is C16H18BrNO3. The van der Waals surface area contributed by atoms with Crippen LogP contribution in [0.1, 0.15) is 18.1 Å². The van der Waals surface area contributed by atoms with Crippen LogP contribution in [0.5, 0.6) is 17.4 Å². The number of aromatic nitrogens is 1. The molecule has 0 unspecified atom stereocenters. The van der Waals surface area contributed by atoms with Gasteiger partial charge in [0.25, 0.3) is 0 Å². The number of ether oxygens (including phenoxy) is 3. The minimum absolute atomic E-state index is 0.449. The number of methoxy groups -OCH3 is 1. The highest BCUT2D eigenvalue weighted by atomic mass is 79.9. The van der Waals surface area contributed by atoms with Crippen LogP contribution < -0.4 is 14.2 Å². The predicted octanol–water partition coefficient (Wildman–Crippen LogP) is 4.14. The van der Waals surface area contributed by atoms with Gasteiger partial charge in [-0.3, -0.25) is 0 Å². The summed E-state index contributed by atoms with van der Waals surface area (Å²) in [6, 6.07) is 7.76. The van der Waals surface area contributed by atoms with Crippen LogP contribution in [0.15, 0.2) is 34.9 Å². The molecule has 0 aliphatic rings. The molecule has 0 saturated carbocycles. The number of halogens is 1. The van der Waals surface area contributed by atoms with Crippen molar-refractivity contribution in [2.24, 2.45) is 0 Å². The normalized spacial score (nSPS) is 10.3. The Labute approximate surface area is 133 Å². The quantitative estimate of drug-likeness (QED) is 0.784. The number of hydrogen-bond acceptors (Lipinski definition) is 4. The molecule has 5 heteroatoms. The summed E-state index contributed by atoms with van der Waals surface area (Å²) >= 11 is 3.44. The maximum atomic E-state index is 5.79. The molecule has 0 aliphatic carbocycles. The van der Waals surface area contributed by atoms with E-state index in [1.807, 2.05) is 38.1 Å². The van der Waals surface area contributed by atoms with E-state index in [9.17, 15) is 0 Å². The summed E-state index contributed by atoms with van der Waals surface area (Å²) in [5.74, 6) is 2.19. The highest BCUT2D eigenvalue weighted by molar-refractivity contribution is 9.10. The lowest BCUT2D eigenvalue weighted by Crippen LogP contribution is -2.02. The second kappa shape index (κ2) is 7.31. The Balaban J connectivity index is 2.10. The fraction of sp³-hybridized carbons (Fsp3) is 0.312. The van der Waals surface area contributed by atoms with Crippen molar-refractivity contribution < 1.29 is 14.2 Å². The van der Waals surface area contributed by atoms with Crippen LogP contribution in [0.25, 0.3) is 0 Å². The van der Waals surface area contributed by atoms with Crippen LogP contribution in [0.3, 0.4) is 0 Å². The van der Waals surface area contributed by atoms with Gasteiger partial charge in [-0.1, -0.05) is 12.1 Å². The second-order valence-electron chi connectivity index (χ2n) is 4.44. The minimum atomic E-state index is 0.449. The van der Waals surface area contributed by atoms with Crippen LogP contribution in [0, 0.1) is 6.92 Å². The van der Waals surface area contributed by atoms with Gasteiger partial charge in [0, 0.05) is 6.20 Å². The van der Waals surface area contributed by atoms with Gasteiger partial charge in [-0.05, 0) is 47.5 Å². The third-order valence-electron chi connectivity index (χ3n) is 3.00. The molecule has 1 aromatic carbocycles. The smallest absolute Gasteiger partial charge is 0.220 e. The van der Waals surface area contributed by atoms with Crippen molar-refractivity contribution in [3.63, 3.8) is 0 Å². The minimum Gasteiger partial charge on any atom is -0.497 e. The Morgan fingerprint density at radius 1 is 1.14 bits per heavy atom. The van der Waals surface area contributed by atoms with E-state index in [1.54, 1.807) is 13.3 Å². The average Bonchev–Trinajstić information content (AvgIpc) is 2.51. The molecule has 1 aromatic heterocycles. The number of benzene rings is 1. The molecule has 1 heterocycles. The summed E-state index contributed by atoms with van der Waals surface area (Å²) < 4.78 is 17.4. The molecule has 0 spiro atoms. The molecule has 0 saturated heterocycles. The summed E-state index contributed by atoms with van der Waals surface area (Å²) in [6.45, 7) is 4.93. The van der Waals surface area contributed by atoms with Gasteiger partial charge < -0.3 is 14.2 Å². The Kier molecular flexibility index (Phi) is 5.44. The monoisotopic (exact) mass is 351 g/mol. The van der Waals surface area contributed by atoms with Gasteiger partial charge in [0.1, 0.15) is 18.1 Å². The summed E-state index contributed by atoms with van der Waals surface area (Å²) in [5, 5.41) is 0. The van der Waals surface area contributed by atoms with E-state index < -0.39 is 0 Å². The first kappa shape index (κ1) is 15.6. The number of hydrogen-bond donors (Lipinski definition) is 0. The molecule has 21 heavy (non-hydrogen) atoms. The maximum Gasteiger partial charge on any atom is 0.220 e. The lowest BCUT2D eigenvalue weighted by molar-refractivity contribution is 0.283. The molecule has 0 fully saturated rings. The Hall–Kier alpha value is -1.75. The van der Waals surface area contributed by atoms with E-state index in [0.717, 1.165) is 27.1 Å². The Morgan fingerprint density at radius 3 is 2.48 bits per heavy atom. The SMILES string of the molecule is CCOc1c(Br)cnc(OCc2ccc(OC)cc2)c1C. The molecule has 0 radical (unpaired) electrons. The summed E-state index contributed by atoms with van der Waals surface area (Å²) in [7, 11) is 1.65. The van der Waals surface area contributed by atoms with Crippen molar-refractivity contribution in [2.45, 2.75) is 20.5 Å². The first-order valence-electron chi connectivity index (χ1n) is 6.69. The highest BCUT2D eigenvalue weighted by Crippen LogP contribution is 2.33. The van der Waals surface area contributed by atoms with Crippen molar-refractivity contribution >= 4 is 15.9 Å². The van der Waals surface area contributed by atoms with Crippen molar-refractivity contribution in [3.05, 3.63) is 46.1 Å². The lowest BCUT2D eigenvalue weighted by Gasteiger charge is -2.13. The van der Waals surface area contributed by atoms with Crippen LogP contribution in [0.4, 0.5) is 0 Å². The van der Waals surface area contributed by atoms with Crippen LogP contribution in [-0.4, -0.2) is 18.7 Å². The van der Waals surface area contributed by atoms with E-state index in [4.69, 9.17) is 14.2 Å². The van der Waals surface area contributed by atoms with Gasteiger partial charge in [-0.15, -0.1) is 0 Å². The molecule has 0 aliphatic heterocycles. The highest BCUT2D eigenvalue weighted by Gasteiger charge is 2.12. The molecular weight excluding hydrogens is 334 g/mol. The van der Waals surface area contributed by atoms with E-state index in [1.165, 1.54) is 0 Å². The molecule has 0 bridgehead atoms. The Morgan fingerprint density at radius 2 is 1.86 bits per heavy atom. The summed E-state index contributed by atoms with van der Waals surface area (Å²) in [5.41, 5.74) is 1.94. The van der Waals surface area contributed by atoms with E-state index in [-0.39, 0.29) is 0 Å². The second-order valence-corrected chi connectivity index (χ2v) is 5.29. The first-order chi connectivity index (χ1) is 10.2. The fourth-order valence-electron chi connectivity index (χ4n) is 1.89. The van der Waals surface area contributed by atoms with E-state index >= 15 is 0 Å². The lowest BCUT2D eigenvalue weighted by atomic mass is 10.2. The largest absolute Gasteiger partial charge is 0.497 e. The zero-order valence-electron chi connectivity index (χ0n) is 12.4. The number of nitrogens with zero attached hydrogens (tertiary/aromatic N) is 1. The Bertz CT molecular complexity index is 599. The van der Waals surface area contributed by atoms with Crippen molar-refractivity contribution in [1.82, 2.24) is 4.98 Å². The standard InChI is InChI=1S/C16H18BrNO3/c1-4-20-15-11(2)16(18-9-14(15)17)21-10-12-5-7-13(19-3)8-6-12/h5-9H,4,10H2,1-3H3. The van der Waals surface area contributed by atoms with Crippen LogP contribution >= 0.6 is 15.9 Å². The van der Waals surface area contributed by atoms with Gasteiger partial charge in [-0.25, -0.2) is 4.98 Å². The van der Waals surface area contributed by atoms with E-state index in [2.05, 4.69) is 20.9 Å². The predicted molar refractivity (Wildman–Crippen MR) is 85.2 cm³/mol. The topological polar surface area (TPSA) is 40.6 Å². The molecule has 2 aromatic rings. The molecule has 0 amide bonds. The van der Waals surface area contributed by atoms with Crippen molar-refractivity contribution in [3.8, 4) is 17.4 Å². The maximum absolute atomic E-state index is 5.79. The van der Waals surface area contributed by atoms with Gasteiger partial charge >= 0.3 is 0 Å². The van der Waals surface area contributed by atoms with Gasteiger partial charge in [0.05, 0.1) is 23.8 Å². The van der Waals surface area contributed by atoms with Gasteiger partial charge in [0.15, 0.2) is 0 Å². The summed E-state index contributed by atoms with van der Waals surface area (Å²) in [4.78, 5) is 4.30. The number of rotatable bonds is 6. The third kappa shape index (κ3) is 3.88. The van der Waals surface area contributed by atoms with Crippen LogP contribution in [0.2, 0.25) is 0 Å². The molecule has 0 N–H and O–H groups in total. The molecule has 2 rings (SSSR count). The molecule has 112 valence electrons. The summed E-state index contributed by atoms with van der Waals surface area (Å²) in [6.07, 6.45) is 1.70. The number of pyridine rings is 1.